The number of hydrogen-bond donors (Lipinski definition) is 2. The first kappa shape index (κ1) is 24.4. The molecule has 1 fully saturated rings. The van der Waals surface area contributed by atoms with Crippen LogP contribution >= 0.6 is 0 Å². The molecule has 0 bridgehead atoms. The third-order valence-electron chi connectivity index (χ3n) is 4.86. The molecule has 28 heavy (non-hydrogen) atoms. The Hall–Kier alpha value is -1.66. The summed E-state index contributed by atoms with van der Waals surface area (Å²) in [5, 5.41) is 21.5. The van der Waals surface area contributed by atoms with Gasteiger partial charge >= 0.3 is 11.9 Å². The molecule has 1 saturated carbocycles. The second-order valence-corrected chi connectivity index (χ2v) is 9.09. The maximum Gasteiger partial charge on any atom is 0.342 e. The number of rotatable bonds is 9. The number of allylic oxidation sites excluding steroid dienone is 1. The predicted molar refractivity (Wildman–Crippen MR) is 108 cm³/mol. The Morgan fingerprint density at radius 1 is 1.18 bits per heavy atom. The van der Waals surface area contributed by atoms with Gasteiger partial charge in [0.25, 0.3) is 0 Å². The Balaban J connectivity index is 2.86. The molecule has 3 unspecified atom stereocenters. The molecule has 1 aliphatic carbocycles. The summed E-state index contributed by atoms with van der Waals surface area (Å²) in [6.07, 6.45) is 4.34. The van der Waals surface area contributed by atoms with Crippen LogP contribution in [0, 0.1) is 5.41 Å². The fraction of sp³-hybridized carbons (Fsp3) is 0.727. The summed E-state index contributed by atoms with van der Waals surface area (Å²) < 4.78 is 10.4. The van der Waals surface area contributed by atoms with Gasteiger partial charge in [-0.25, -0.2) is 9.59 Å². The second-order valence-electron chi connectivity index (χ2n) is 9.09. The third kappa shape index (κ3) is 6.74. The summed E-state index contributed by atoms with van der Waals surface area (Å²) in [5.41, 5.74) is -2.95. The van der Waals surface area contributed by atoms with E-state index in [1.807, 2.05) is 6.92 Å². The van der Waals surface area contributed by atoms with Crippen LogP contribution in [0.3, 0.4) is 0 Å². The van der Waals surface area contributed by atoms with Crippen molar-refractivity contribution in [1.29, 1.82) is 0 Å². The number of ether oxygens (including phenoxy) is 2. The van der Waals surface area contributed by atoms with Crippen LogP contribution in [0.1, 0.15) is 73.6 Å². The molecule has 2 N–H and O–H groups in total. The molecule has 0 aliphatic heterocycles. The Bertz CT molecular complexity index is 623. The third-order valence-corrected chi connectivity index (χ3v) is 4.86. The van der Waals surface area contributed by atoms with Gasteiger partial charge in [0.2, 0.25) is 0 Å². The second kappa shape index (κ2) is 9.23. The zero-order valence-corrected chi connectivity index (χ0v) is 18.1. The molecular weight excluding hydrogens is 360 g/mol. The first-order valence-electron chi connectivity index (χ1n) is 9.90. The van der Waals surface area contributed by atoms with E-state index in [1.54, 1.807) is 40.7 Å². The van der Waals surface area contributed by atoms with Crippen molar-refractivity contribution in [2.24, 2.45) is 5.41 Å². The molecule has 0 aromatic heterocycles. The first-order chi connectivity index (χ1) is 12.7. The highest BCUT2D eigenvalue weighted by atomic mass is 16.6. The van der Waals surface area contributed by atoms with Crippen LogP contribution in [0.5, 0.6) is 0 Å². The van der Waals surface area contributed by atoms with Gasteiger partial charge in [-0.1, -0.05) is 18.6 Å². The van der Waals surface area contributed by atoms with E-state index in [-0.39, 0.29) is 30.5 Å². The highest BCUT2D eigenvalue weighted by molar-refractivity contribution is 5.82. The van der Waals surface area contributed by atoms with Gasteiger partial charge < -0.3 is 19.7 Å². The standard InChI is InChI=1S/C22H36O6/c1-15(2)13-21(25,18(23)27-16(3)4)10-8-9-20(7)11-12-22(26,14-20)19(24)28-17(5)6/h8,10,16-17,25-26H,1,9,11-14H2,2-7H3/b10-8+. The largest absolute Gasteiger partial charge is 0.461 e. The molecule has 1 rings (SSSR count). The van der Waals surface area contributed by atoms with E-state index in [0.29, 0.717) is 24.8 Å². The summed E-state index contributed by atoms with van der Waals surface area (Å²) in [6.45, 7) is 14.4. The van der Waals surface area contributed by atoms with Crippen molar-refractivity contribution in [2.45, 2.75) is 97.1 Å². The van der Waals surface area contributed by atoms with Crippen LogP contribution in [0.15, 0.2) is 24.3 Å². The zero-order valence-electron chi connectivity index (χ0n) is 18.1. The monoisotopic (exact) mass is 396 g/mol. The highest BCUT2D eigenvalue weighted by Crippen LogP contribution is 2.47. The Labute approximate surface area is 168 Å². The number of esters is 2. The molecule has 0 heterocycles. The van der Waals surface area contributed by atoms with Crippen LogP contribution in [-0.4, -0.2) is 45.6 Å². The summed E-state index contributed by atoms with van der Waals surface area (Å²) >= 11 is 0. The number of hydrogen-bond acceptors (Lipinski definition) is 6. The highest BCUT2D eigenvalue weighted by Gasteiger charge is 2.50. The summed E-state index contributed by atoms with van der Waals surface area (Å²) in [5.74, 6) is -1.30. The van der Waals surface area contributed by atoms with Gasteiger partial charge in [-0.2, -0.15) is 0 Å². The van der Waals surface area contributed by atoms with E-state index in [9.17, 15) is 19.8 Å². The molecule has 3 atom stereocenters. The lowest BCUT2D eigenvalue weighted by Gasteiger charge is -2.27. The lowest BCUT2D eigenvalue weighted by molar-refractivity contribution is -0.169. The van der Waals surface area contributed by atoms with Gasteiger partial charge in [-0.15, -0.1) is 6.58 Å². The Kier molecular flexibility index (Phi) is 8.03. The van der Waals surface area contributed by atoms with Gasteiger partial charge in [-0.05, 0) is 71.8 Å². The van der Waals surface area contributed by atoms with Crippen molar-refractivity contribution in [2.75, 3.05) is 0 Å². The van der Waals surface area contributed by atoms with Crippen LogP contribution in [-0.2, 0) is 19.1 Å². The summed E-state index contributed by atoms with van der Waals surface area (Å²) in [7, 11) is 0. The van der Waals surface area contributed by atoms with E-state index in [0.717, 1.165) is 0 Å². The summed E-state index contributed by atoms with van der Waals surface area (Å²) in [4.78, 5) is 24.6. The average molecular weight is 397 g/mol. The molecule has 0 aromatic rings. The maximum absolute atomic E-state index is 12.3. The number of aliphatic hydroxyl groups is 2. The van der Waals surface area contributed by atoms with E-state index >= 15 is 0 Å². The first-order valence-corrected chi connectivity index (χ1v) is 9.90. The van der Waals surface area contributed by atoms with Crippen molar-refractivity contribution in [3.63, 3.8) is 0 Å². The molecule has 6 heteroatoms. The average Bonchev–Trinajstić information content (AvgIpc) is 2.82. The van der Waals surface area contributed by atoms with E-state index in [1.165, 1.54) is 6.08 Å². The number of carbonyl (C=O) groups excluding carboxylic acids is 2. The Morgan fingerprint density at radius 3 is 2.25 bits per heavy atom. The fourth-order valence-electron chi connectivity index (χ4n) is 3.58. The molecule has 0 amide bonds. The van der Waals surface area contributed by atoms with Crippen LogP contribution in [0.25, 0.3) is 0 Å². The van der Waals surface area contributed by atoms with Gasteiger partial charge in [0, 0.05) is 6.42 Å². The molecule has 0 aromatic carbocycles. The van der Waals surface area contributed by atoms with Gasteiger partial charge in [0.15, 0.2) is 11.2 Å². The van der Waals surface area contributed by atoms with Gasteiger partial charge in [-0.3, -0.25) is 0 Å². The maximum atomic E-state index is 12.3. The van der Waals surface area contributed by atoms with E-state index < -0.39 is 23.1 Å². The van der Waals surface area contributed by atoms with Crippen molar-refractivity contribution < 1.29 is 29.3 Å². The molecule has 0 saturated heterocycles. The van der Waals surface area contributed by atoms with Crippen LogP contribution < -0.4 is 0 Å². The fourth-order valence-corrected chi connectivity index (χ4v) is 3.58. The lowest BCUT2D eigenvalue weighted by atomic mass is 9.82. The van der Waals surface area contributed by atoms with E-state index in [2.05, 4.69) is 6.58 Å². The molecule has 1 aliphatic rings. The SMILES string of the molecule is C=C(C)CC(O)(/C=C/CC1(C)CCC(O)(C(=O)OC(C)C)C1)C(=O)OC(C)C. The van der Waals surface area contributed by atoms with Crippen molar-refractivity contribution >= 4 is 11.9 Å². The topological polar surface area (TPSA) is 93.1 Å². The van der Waals surface area contributed by atoms with Crippen molar-refractivity contribution in [3.8, 4) is 0 Å². The van der Waals surface area contributed by atoms with Gasteiger partial charge in [0.1, 0.15) is 0 Å². The minimum atomic E-state index is -1.78. The normalized spacial score (nSPS) is 27.2. The Morgan fingerprint density at radius 2 is 1.75 bits per heavy atom. The van der Waals surface area contributed by atoms with E-state index in [4.69, 9.17) is 9.47 Å². The smallest absolute Gasteiger partial charge is 0.342 e. The minimum Gasteiger partial charge on any atom is -0.461 e. The zero-order chi connectivity index (χ0) is 21.8. The molecule has 0 radical (unpaired) electrons. The quantitative estimate of drug-likeness (QED) is 0.458. The molecule has 6 nitrogen and oxygen atoms in total. The molecule has 160 valence electrons. The van der Waals surface area contributed by atoms with Gasteiger partial charge in [0.05, 0.1) is 12.2 Å². The molecule has 0 spiro atoms. The summed E-state index contributed by atoms with van der Waals surface area (Å²) in [6, 6.07) is 0. The lowest BCUT2D eigenvalue weighted by Crippen LogP contribution is -2.40. The molecular formula is C22H36O6. The van der Waals surface area contributed by atoms with Crippen LogP contribution in [0.4, 0.5) is 0 Å². The van der Waals surface area contributed by atoms with Crippen molar-refractivity contribution in [1.82, 2.24) is 0 Å². The minimum absolute atomic E-state index is 0.0659. The van der Waals surface area contributed by atoms with Crippen LogP contribution in [0.2, 0.25) is 0 Å². The number of carbonyl (C=O) groups is 2. The predicted octanol–water partition coefficient (Wildman–Crippen LogP) is 3.45. The van der Waals surface area contributed by atoms with Crippen molar-refractivity contribution in [3.05, 3.63) is 24.3 Å².